The van der Waals surface area contributed by atoms with E-state index < -0.39 is 23.6 Å². The molecule has 1 N–H and O–H groups in total. The Labute approximate surface area is 237 Å². The van der Waals surface area contributed by atoms with Gasteiger partial charge < -0.3 is 14.6 Å². The summed E-state index contributed by atoms with van der Waals surface area (Å²) >= 11 is 0. The number of nitrogens with zero attached hydrogens (tertiary/aromatic N) is 3. The first-order valence-corrected chi connectivity index (χ1v) is 11.7. The molecule has 5 rings (SSSR count). The maximum absolute atomic E-state index is 12.5. The van der Waals surface area contributed by atoms with Crippen LogP contribution in [0, 0.1) is 6.92 Å². The maximum Gasteiger partial charge on any atom is 1.00 e. The SMILES string of the molecule is Cc1nc(NC(=O)O[C@H](C)c2ccccc2)n(-c2ccc(-c3ccc(C4(C(=O)[O-])CC4)cc3)cc2)n1.[Na+]. The van der Waals surface area contributed by atoms with E-state index in [0.717, 1.165) is 27.9 Å². The topological polar surface area (TPSA) is 109 Å². The molecule has 8 nitrogen and oxygen atoms in total. The molecule has 0 bridgehead atoms. The van der Waals surface area contributed by atoms with Gasteiger partial charge in [0.1, 0.15) is 11.9 Å². The first-order chi connectivity index (χ1) is 17.4. The number of benzene rings is 3. The minimum absolute atomic E-state index is 0. The van der Waals surface area contributed by atoms with Crippen LogP contribution in [0.1, 0.15) is 42.8 Å². The van der Waals surface area contributed by atoms with Gasteiger partial charge in [-0.3, -0.25) is 5.32 Å². The average molecular weight is 505 g/mol. The molecule has 0 aliphatic heterocycles. The molecule has 182 valence electrons. The Bertz CT molecular complexity index is 1400. The van der Waals surface area contributed by atoms with E-state index in [1.165, 1.54) is 0 Å². The summed E-state index contributed by atoms with van der Waals surface area (Å²) in [5.41, 5.74) is 3.50. The molecule has 0 saturated heterocycles. The molecule has 0 unspecified atom stereocenters. The van der Waals surface area contributed by atoms with Crippen molar-refractivity contribution in [2.75, 3.05) is 5.32 Å². The van der Waals surface area contributed by atoms with Gasteiger partial charge in [-0.05, 0) is 61.1 Å². The summed E-state index contributed by atoms with van der Waals surface area (Å²) in [5, 5.41) is 18.6. The quantitative estimate of drug-likeness (QED) is 0.381. The van der Waals surface area contributed by atoms with E-state index in [1.807, 2.05) is 78.9 Å². The number of aromatic nitrogens is 3. The Balaban J connectivity index is 0.00000320. The number of carbonyl (C=O) groups is 2. The second-order valence-corrected chi connectivity index (χ2v) is 8.97. The smallest absolute Gasteiger partial charge is 0.549 e. The van der Waals surface area contributed by atoms with Crippen molar-refractivity contribution in [3.05, 3.63) is 95.8 Å². The van der Waals surface area contributed by atoms with E-state index in [-0.39, 0.29) is 35.5 Å². The largest absolute Gasteiger partial charge is 1.00 e. The summed E-state index contributed by atoms with van der Waals surface area (Å²) in [4.78, 5) is 28.3. The molecule has 0 spiro atoms. The first-order valence-electron chi connectivity index (χ1n) is 11.7. The summed E-state index contributed by atoms with van der Waals surface area (Å²) in [5.74, 6) is -0.250. The number of hydrogen-bond donors (Lipinski definition) is 1. The molecule has 1 heterocycles. The Kier molecular flexibility index (Phi) is 7.82. The number of carboxylic acid groups (broad SMARTS) is 1. The predicted molar refractivity (Wildman–Crippen MR) is 132 cm³/mol. The van der Waals surface area contributed by atoms with Crippen LogP contribution in [0.25, 0.3) is 16.8 Å². The molecular formula is C28H25N4NaO4. The van der Waals surface area contributed by atoms with Crippen molar-refractivity contribution in [1.82, 2.24) is 14.8 Å². The zero-order valence-electron chi connectivity index (χ0n) is 21.0. The number of anilines is 1. The van der Waals surface area contributed by atoms with E-state index in [9.17, 15) is 14.7 Å². The number of nitrogens with one attached hydrogen (secondary N) is 1. The zero-order valence-corrected chi connectivity index (χ0v) is 23.0. The minimum atomic E-state index is -1.01. The van der Waals surface area contributed by atoms with Crippen molar-refractivity contribution in [3.63, 3.8) is 0 Å². The van der Waals surface area contributed by atoms with Crippen LogP contribution in [-0.2, 0) is 14.9 Å². The van der Waals surface area contributed by atoms with Crippen molar-refractivity contribution in [2.24, 2.45) is 0 Å². The number of amides is 1. The van der Waals surface area contributed by atoms with Gasteiger partial charge in [0.05, 0.1) is 11.7 Å². The summed E-state index contributed by atoms with van der Waals surface area (Å²) in [6, 6.07) is 24.7. The zero-order chi connectivity index (χ0) is 25.3. The Hall–Kier alpha value is -3.46. The van der Waals surface area contributed by atoms with Gasteiger partial charge in [0.25, 0.3) is 0 Å². The number of rotatable bonds is 7. The van der Waals surface area contributed by atoms with Crippen LogP contribution >= 0.6 is 0 Å². The molecule has 1 aliphatic rings. The molecule has 3 aromatic carbocycles. The number of aliphatic carboxylic acids is 1. The van der Waals surface area contributed by atoms with Crippen molar-refractivity contribution in [1.29, 1.82) is 0 Å². The first kappa shape index (κ1) is 26.6. The third kappa shape index (κ3) is 5.61. The van der Waals surface area contributed by atoms with Crippen LogP contribution in [0.3, 0.4) is 0 Å². The van der Waals surface area contributed by atoms with E-state index in [0.29, 0.717) is 18.7 Å². The van der Waals surface area contributed by atoms with Gasteiger partial charge in [-0.25, -0.2) is 4.79 Å². The number of carbonyl (C=O) groups excluding carboxylic acids is 2. The van der Waals surface area contributed by atoms with Gasteiger partial charge >= 0.3 is 35.7 Å². The molecule has 0 radical (unpaired) electrons. The van der Waals surface area contributed by atoms with Gasteiger partial charge in [0.15, 0.2) is 0 Å². The molecule has 1 atom stereocenters. The van der Waals surface area contributed by atoms with E-state index in [4.69, 9.17) is 4.74 Å². The summed E-state index contributed by atoms with van der Waals surface area (Å²) in [7, 11) is 0. The molecule has 4 aromatic rings. The predicted octanol–water partition coefficient (Wildman–Crippen LogP) is 1.34. The molecule has 1 saturated carbocycles. The van der Waals surface area contributed by atoms with E-state index in [1.54, 1.807) is 18.5 Å². The fourth-order valence-electron chi connectivity index (χ4n) is 4.26. The Morgan fingerprint density at radius 2 is 1.57 bits per heavy atom. The van der Waals surface area contributed by atoms with Crippen LogP contribution in [0.2, 0.25) is 0 Å². The maximum atomic E-state index is 12.5. The van der Waals surface area contributed by atoms with Crippen molar-refractivity contribution in [2.45, 2.75) is 38.2 Å². The number of aryl methyl sites for hydroxylation is 1. The standard InChI is InChI=1S/C28H26N4O4.Na/c1-18(20-6-4-3-5-7-20)36-27(35)30-26-29-19(2)31-32(26)24-14-10-22(11-15-24)21-8-12-23(13-9-21)28(16-17-28)25(33)34;/h3-15,18H,16-17H2,1-2H3,(H,33,34)(H,29,30,31,35);/q;+1/p-1/t18-;/m1./s1. The summed E-state index contributed by atoms with van der Waals surface area (Å²) in [6.07, 6.45) is 0.198. The third-order valence-electron chi connectivity index (χ3n) is 6.50. The second-order valence-electron chi connectivity index (χ2n) is 8.97. The average Bonchev–Trinajstić information content (AvgIpc) is 3.63. The van der Waals surface area contributed by atoms with E-state index >= 15 is 0 Å². The molecule has 1 fully saturated rings. The molecule has 1 aliphatic carbocycles. The molecule has 9 heteroatoms. The third-order valence-corrected chi connectivity index (χ3v) is 6.50. The minimum Gasteiger partial charge on any atom is -0.549 e. The van der Waals surface area contributed by atoms with Crippen molar-refractivity contribution >= 4 is 18.0 Å². The Morgan fingerprint density at radius 3 is 2.14 bits per heavy atom. The van der Waals surface area contributed by atoms with Crippen LogP contribution in [0.4, 0.5) is 10.7 Å². The van der Waals surface area contributed by atoms with E-state index in [2.05, 4.69) is 15.4 Å². The van der Waals surface area contributed by atoms with Crippen LogP contribution < -0.4 is 40.0 Å². The molecule has 1 aromatic heterocycles. The van der Waals surface area contributed by atoms with Gasteiger partial charge in [-0.2, -0.15) is 9.67 Å². The Morgan fingerprint density at radius 1 is 0.973 bits per heavy atom. The second kappa shape index (κ2) is 10.9. The number of carboxylic acids is 1. The normalized spacial score (nSPS) is 14.2. The fourth-order valence-corrected chi connectivity index (χ4v) is 4.26. The summed E-state index contributed by atoms with van der Waals surface area (Å²) in [6.45, 7) is 3.55. The number of hydrogen-bond acceptors (Lipinski definition) is 6. The fraction of sp³-hybridized carbons (Fsp3) is 0.214. The summed E-state index contributed by atoms with van der Waals surface area (Å²) < 4.78 is 7.05. The molecule has 1 amide bonds. The molecule has 37 heavy (non-hydrogen) atoms. The number of ether oxygens (including phenoxy) is 1. The van der Waals surface area contributed by atoms with Gasteiger partial charge in [-0.15, -0.1) is 5.10 Å². The van der Waals surface area contributed by atoms with Crippen LogP contribution in [0.15, 0.2) is 78.9 Å². The van der Waals surface area contributed by atoms with Gasteiger partial charge in [-0.1, -0.05) is 66.7 Å². The van der Waals surface area contributed by atoms with Crippen molar-refractivity contribution in [3.8, 4) is 16.8 Å². The van der Waals surface area contributed by atoms with Gasteiger partial charge in [0, 0.05) is 5.41 Å². The molecular weight excluding hydrogens is 479 g/mol. The van der Waals surface area contributed by atoms with Crippen LogP contribution in [-0.4, -0.2) is 26.8 Å². The van der Waals surface area contributed by atoms with Crippen molar-refractivity contribution < 1.29 is 49.0 Å². The monoisotopic (exact) mass is 504 g/mol. The van der Waals surface area contributed by atoms with Gasteiger partial charge in [0.2, 0.25) is 5.95 Å². The van der Waals surface area contributed by atoms with Crippen LogP contribution in [0.5, 0.6) is 0 Å².